The highest BCUT2D eigenvalue weighted by atomic mass is 19.1. The molecule has 0 aliphatic carbocycles. The van der Waals surface area contributed by atoms with Crippen LogP contribution >= 0.6 is 0 Å². The standard InChI is InChI=1S/C15H11F2N3/c1-8-2-3-9(16)6-11(8)15-19-13-5-4-10(17)7-12(13)14(18)20-15/h2-7H,1H3,(H2,18,19,20). The molecule has 0 spiro atoms. The fraction of sp³-hybridized carbons (Fsp3) is 0.0667. The lowest BCUT2D eigenvalue weighted by molar-refractivity contribution is 0.627. The van der Waals surface area contributed by atoms with Gasteiger partial charge in [-0.3, -0.25) is 0 Å². The third kappa shape index (κ3) is 2.07. The van der Waals surface area contributed by atoms with Crippen LogP contribution in [0.15, 0.2) is 36.4 Å². The van der Waals surface area contributed by atoms with Crippen molar-refractivity contribution in [2.45, 2.75) is 6.92 Å². The Kier molecular flexibility index (Phi) is 2.82. The maximum Gasteiger partial charge on any atom is 0.162 e. The van der Waals surface area contributed by atoms with Crippen molar-refractivity contribution in [3.63, 3.8) is 0 Å². The van der Waals surface area contributed by atoms with Crippen LogP contribution in [0.2, 0.25) is 0 Å². The molecule has 0 unspecified atom stereocenters. The fourth-order valence-electron chi connectivity index (χ4n) is 2.08. The van der Waals surface area contributed by atoms with Gasteiger partial charge in [0.2, 0.25) is 0 Å². The summed E-state index contributed by atoms with van der Waals surface area (Å²) in [5.41, 5.74) is 7.78. The van der Waals surface area contributed by atoms with Crippen molar-refractivity contribution in [2.24, 2.45) is 0 Å². The molecule has 20 heavy (non-hydrogen) atoms. The van der Waals surface area contributed by atoms with Gasteiger partial charge in [0, 0.05) is 10.9 Å². The van der Waals surface area contributed by atoms with Gasteiger partial charge in [-0.25, -0.2) is 18.7 Å². The van der Waals surface area contributed by atoms with E-state index in [9.17, 15) is 8.78 Å². The maximum absolute atomic E-state index is 13.4. The lowest BCUT2D eigenvalue weighted by atomic mass is 10.1. The molecule has 0 saturated heterocycles. The molecule has 3 rings (SSSR count). The third-order valence-electron chi connectivity index (χ3n) is 3.13. The van der Waals surface area contributed by atoms with Crippen LogP contribution in [0.1, 0.15) is 5.56 Å². The number of anilines is 1. The summed E-state index contributed by atoms with van der Waals surface area (Å²) in [6.45, 7) is 1.84. The Morgan fingerprint density at radius 1 is 0.950 bits per heavy atom. The molecule has 0 aliphatic rings. The second kappa shape index (κ2) is 4.52. The van der Waals surface area contributed by atoms with Crippen LogP contribution in [0, 0.1) is 18.6 Å². The van der Waals surface area contributed by atoms with Crippen LogP contribution in [0.4, 0.5) is 14.6 Å². The van der Waals surface area contributed by atoms with E-state index in [4.69, 9.17) is 5.73 Å². The fourth-order valence-corrected chi connectivity index (χ4v) is 2.08. The number of nitrogens with two attached hydrogens (primary N) is 1. The van der Waals surface area contributed by atoms with E-state index in [2.05, 4.69) is 9.97 Å². The molecule has 0 amide bonds. The number of nitrogen functional groups attached to an aromatic ring is 1. The molecule has 3 nitrogen and oxygen atoms in total. The van der Waals surface area contributed by atoms with Crippen molar-refractivity contribution in [1.29, 1.82) is 0 Å². The Morgan fingerprint density at radius 2 is 1.65 bits per heavy atom. The smallest absolute Gasteiger partial charge is 0.162 e. The van der Waals surface area contributed by atoms with Crippen molar-refractivity contribution < 1.29 is 8.78 Å². The van der Waals surface area contributed by atoms with Crippen LogP contribution in [0.5, 0.6) is 0 Å². The first-order chi connectivity index (χ1) is 9.54. The van der Waals surface area contributed by atoms with E-state index >= 15 is 0 Å². The number of aromatic nitrogens is 2. The summed E-state index contributed by atoms with van der Waals surface area (Å²) in [4.78, 5) is 8.47. The van der Waals surface area contributed by atoms with E-state index in [0.29, 0.717) is 22.3 Å². The van der Waals surface area contributed by atoms with Crippen LogP contribution < -0.4 is 5.73 Å². The number of hydrogen-bond acceptors (Lipinski definition) is 3. The molecule has 0 radical (unpaired) electrons. The summed E-state index contributed by atoms with van der Waals surface area (Å²) in [6, 6.07) is 8.50. The highest BCUT2D eigenvalue weighted by Gasteiger charge is 2.11. The molecular formula is C15H11F2N3. The SMILES string of the molecule is Cc1ccc(F)cc1-c1nc(N)c2cc(F)ccc2n1. The van der Waals surface area contributed by atoms with E-state index < -0.39 is 5.82 Å². The van der Waals surface area contributed by atoms with Gasteiger partial charge in [-0.15, -0.1) is 0 Å². The van der Waals surface area contributed by atoms with Gasteiger partial charge in [0.15, 0.2) is 5.82 Å². The normalized spacial score (nSPS) is 10.9. The molecule has 2 N–H and O–H groups in total. The predicted molar refractivity (Wildman–Crippen MR) is 74.0 cm³/mol. The van der Waals surface area contributed by atoms with E-state index in [-0.39, 0.29) is 11.6 Å². The number of nitrogens with zero attached hydrogens (tertiary/aromatic N) is 2. The zero-order chi connectivity index (χ0) is 14.3. The largest absolute Gasteiger partial charge is 0.383 e. The first kappa shape index (κ1) is 12.5. The molecule has 0 bridgehead atoms. The number of aryl methyl sites for hydroxylation is 1. The van der Waals surface area contributed by atoms with E-state index in [0.717, 1.165) is 5.56 Å². The third-order valence-corrected chi connectivity index (χ3v) is 3.13. The summed E-state index contributed by atoms with van der Waals surface area (Å²) in [5.74, 6) is -0.263. The molecule has 0 atom stereocenters. The molecule has 2 aromatic carbocycles. The first-order valence-corrected chi connectivity index (χ1v) is 6.04. The second-order valence-corrected chi connectivity index (χ2v) is 4.55. The zero-order valence-electron chi connectivity index (χ0n) is 10.7. The van der Waals surface area contributed by atoms with E-state index in [1.165, 1.54) is 30.3 Å². The quantitative estimate of drug-likeness (QED) is 0.737. The molecule has 5 heteroatoms. The van der Waals surface area contributed by atoms with Crippen molar-refractivity contribution in [1.82, 2.24) is 9.97 Å². The molecule has 0 aliphatic heterocycles. The molecule has 1 aromatic heterocycles. The van der Waals surface area contributed by atoms with Crippen LogP contribution in [-0.2, 0) is 0 Å². The maximum atomic E-state index is 13.4. The van der Waals surface area contributed by atoms with Gasteiger partial charge in [-0.2, -0.15) is 0 Å². The summed E-state index contributed by atoms with van der Waals surface area (Å²) in [7, 11) is 0. The number of fused-ring (bicyclic) bond motifs is 1. The minimum absolute atomic E-state index is 0.174. The van der Waals surface area contributed by atoms with Gasteiger partial charge in [-0.1, -0.05) is 6.07 Å². The number of benzene rings is 2. The number of rotatable bonds is 1. The monoisotopic (exact) mass is 271 g/mol. The topological polar surface area (TPSA) is 51.8 Å². The van der Waals surface area contributed by atoms with Crippen LogP contribution in [0.25, 0.3) is 22.3 Å². The number of halogens is 2. The summed E-state index contributed by atoms with van der Waals surface area (Å²) in [6.07, 6.45) is 0. The van der Waals surface area contributed by atoms with Gasteiger partial charge in [0.1, 0.15) is 17.5 Å². The predicted octanol–water partition coefficient (Wildman–Crippen LogP) is 3.47. The second-order valence-electron chi connectivity index (χ2n) is 4.55. The van der Waals surface area contributed by atoms with Crippen molar-refractivity contribution in [2.75, 3.05) is 5.73 Å². The highest BCUT2D eigenvalue weighted by molar-refractivity contribution is 5.89. The summed E-state index contributed by atoms with van der Waals surface area (Å²) >= 11 is 0. The average molecular weight is 271 g/mol. The molecule has 0 fully saturated rings. The Hall–Kier alpha value is -2.56. The van der Waals surface area contributed by atoms with Crippen molar-refractivity contribution in [3.05, 3.63) is 53.6 Å². The molecule has 1 heterocycles. The summed E-state index contributed by atoms with van der Waals surface area (Å²) in [5, 5.41) is 0.447. The Balaban J connectivity index is 2.27. The first-order valence-electron chi connectivity index (χ1n) is 6.04. The average Bonchev–Trinajstić information content (AvgIpc) is 2.42. The van der Waals surface area contributed by atoms with E-state index in [1.807, 2.05) is 6.92 Å². The minimum Gasteiger partial charge on any atom is -0.383 e. The molecule has 0 saturated carbocycles. The minimum atomic E-state index is -0.400. The molecule has 100 valence electrons. The lowest BCUT2D eigenvalue weighted by Crippen LogP contribution is -1.99. The van der Waals surface area contributed by atoms with Gasteiger partial charge in [0.05, 0.1) is 5.52 Å². The molecular weight excluding hydrogens is 260 g/mol. The van der Waals surface area contributed by atoms with Crippen LogP contribution in [-0.4, -0.2) is 9.97 Å². The van der Waals surface area contributed by atoms with E-state index in [1.54, 1.807) is 6.07 Å². The zero-order valence-corrected chi connectivity index (χ0v) is 10.7. The highest BCUT2D eigenvalue weighted by Crippen LogP contribution is 2.26. The lowest BCUT2D eigenvalue weighted by Gasteiger charge is -2.08. The Morgan fingerprint density at radius 3 is 2.45 bits per heavy atom. The number of hydrogen-bond donors (Lipinski definition) is 1. The van der Waals surface area contributed by atoms with Gasteiger partial charge < -0.3 is 5.73 Å². The van der Waals surface area contributed by atoms with Gasteiger partial charge in [0.25, 0.3) is 0 Å². The Bertz CT molecular complexity index is 816. The molecule has 3 aromatic rings. The summed E-state index contributed by atoms with van der Waals surface area (Å²) < 4.78 is 26.6. The van der Waals surface area contributed by atoms with Gasteiger partial charge in [-0.05, 0) is 42.8 Å². The Labute approximate surface area is 114 Å². The van der Waals surface area contributed by atoms with Crippen molar-refractivity contribution in [3.8, 4) is 11.4 Å². The van der Waals surface area contributed by atoms with Crippen molar-refractivity contribution >= 4 is 16.7 Å². The van der Waals surface area contributed by atoms with Gasteiger partial charge >= 0.3 is 0 Å². The van der Waals surface area contributed by atoms with Crippen LogP contribution in [0.3, 0.4) is 0 Å².